The maximum absolute atomic E-state index is 12.0. The molecule has 5 rings (SSSR count). The van der Waals surface area contributed by atoms with Gasteiger partial charge in [-0.15, -0.1) is 5.10 Å². The summed E-state index contributed by atoms with van der Waals surface area (Å²) in [5, 5.41) is 14.2. The van der Waals surface area contributed by atoms with Crippen LogP contribution in [0.15, 0.2) is 11.2 Å². The summed E-state index contributed by atoms with van der Waals surface area (Å²) in [6, 6.07) is 0. The highest BCUT2D eigenvalue weighted by Gasteiger charge is 2.50. The number of thioether (sulfide) groups is 1. The molecule has 6 heteroatoms. The van der Waals surface area contributed by atoms with Gasteiger partial charge in [0.15, 0.2) is 0 Å². The van der Waals surface area contributed by atoms with Crippen LogP contribution in [0.5, 0.6) is 0 Å². The summed E-state index contributed by atoms with van der Waals surface area (Å²) in [6.07, 6.45) is 10.0. The molecule has 5 nitrogen and oxygen atoms in total. The molecule has 4 aliphatic carbocycles. The zero-order valence-corrected chi connectivity index (χ0v) is 13.0. The minimum Gasteiger partial charge on any atom is -0.355 e. The fourth-order valence-corrected chi connectivity index (χ4v) is 5.86. The first-order valence-electron chi connectivity index (χ1n) is 7.96. The molecule has 0 radical (unpaired) electrons. The highest BCUT2D eigenvalue weighted by Crippen LogP contribution is 2.59. The Balaban J connectivity index is 1.29. The molecule has 1 amide bonds. The normalized spacial score (nSPS) is 36.9. The van der Waals surface area contributed by atoms with E-state index in [1.165, 1.54) is 50.3 Å². The number of amides is 1. The quantitative estimate of drug-likeness (QED) is 0.818. The van der Waals surface area contributed by atoms with Gasteiger partial charge in [0.05, 0.1) is 11.9 Å². The zero-order valence-electron chi connectivity index (χ0n) is 12.2. The Morgan fingerprint density at radius 3 is 2.52 bits per heavy atom. The van der Waals surface area contributed by atoms with Crippen LogP contribution in [0, 0.1) is 23.2 Å². The van der Waals surface area contributed by atoms with Crippen molar-refractivity contribution < 1.29 is 4.79 Å². The van der Waals surface area contributed by atoms with Crippen LogP contribution in [0.3, 0.4) is 0 Å². The molecule has 1 aromatic heterocycles. The molecule has 1 heterocycles. The minimum atomic E-state index is 0.124. The van der Waals surface area contributed by atoms with Crippen molar-refractivity contribution in [1.82, 2.24) is 20.7 Å². The molecule has 4 aliphatic rings. The minimum absolute atomic E-state index is 0.124. The molecule has 4 fully saturated rings. The van der Waals surface area contributed by atoms with Crippen LogP contribution < -0.4 is 5.32 Å². The van der Waals surface area contributed by atoms with E-state index >= 15 is 0 Å². The summed E-state index contributed by atoms with van der Waals surface area (Å²) in [7, 11) is 0. The first kappa shape index (κ1) is 13.6. The second kappa shape index (κ2) is 5.30. The maximum Gasteiger partial charge on any atom is 0.230 e. The van der Waals surface area contributed by atoms with Gasteiger partial charge in [-0.25, -0.2) is 0 Å². The molecular formula is C15H22N4OS. The summed E-state index contributed by atoms with van der Waals surface area (Å²) in [6.45, 7) is 0.884. The third-order valence-corrected chi connectivity index (χ3v) is 6.47. The molecule has 0 aromatic carbocycles. The van der Waals surface area contributed by atoms with Crippen LogP contribution in [0.2, 0.25) is 0 Å². The van der Waals surface area contributed by atoms with Crippen LogP contribution in [0.1, 0.15) is 38.5 Å². The number of carbonyl (C=O) groups excluding carboxylic acids is 1. The number of H-pyrrole nitrogens is 1. The van der Waals surface area contributed by atoms with Gasteiger partial charge in [0, 0.05) is 6.54 Å². The van der Waals surface area contributed by atoms with Gasteiger partial charge >= 0.3 is 0 Å². The average Bonchev–Trinajstić information content (AvgIpc) is 2.95. The Kier molecular flexibility index (Phi) is 3.44. The molecule has 0 aliphatic heterocycles. The van der Waals surface area contributed by atoms with E-state index in [-0.39, 0.29) is 5.91 Å². The average molecular weight is 306 g/mol. The van der Waals surface area contributed by atoms with Gasteiger partial charge in [-0.1, -0.05) is 11.8 Å². The van der Waals surface area contributed by atoms with Crippen molar-refractivity contribution >= 4 is 17.7 Å². The number of aromatic nitrogens is 3. The molecule has 0 unspecified atom stereocenters. The van der Waals surface area contributed by atoms with E-state index in [2.05, 4.69) is 20.7 Å². The van der Waals surface area contributed by atoms with Crippen molar-refractivity contribution in [1.29, 1.82) is 0 Å². The number of hydrogen-bond acceptors (Lipinski definition) is 4. The lowest BCUT2D eigenvalue weighted by Crippen LogP contribution is -2.51. The maximum atomic E-state index is 12.0. The fourth-order valence-electron chi connectivity index (χ4n) is 5.24. The van der Waals surface area contributed by atoms with E-state index in [0.717, 1.165) is 29.3 Å². The predicted molar refractivity (Wildman–Crippen MR) is 80.7 cm³/mol. The van der Waals surface area contributed by atoms with E-state index < -0.39 is 0 Å². The van der Waals surface area contributed by atoms with Crippen molar-refractivity contribution in [2.75, 3.05) is 12.3 Å². The monoisotopic (exact) mass is 306 g/mol. The van der Waals surface area contributed by atoms with E-state index in [0.29, 0.717) is 11.2 Å². The standard InChI is InChI=1S/C15H22N4OS/c20-13(8-21-14-7-17-19-18-14)16-9-15-4-10-1-11(5-15)3-12(2-10)6-15/h7,10-12H,1-6,8-9H2,(H,16,20)(H,17,18,19). The Morgan fingerprint density at radius 2 is 1.95 bits per heavy atom. The first-order valence-corrected chi connectivity index (χ1v) is 8.95. The predicted octanol–water partition coefficient (Wildman–Crippen LogP) is 2.23. The molecule has 4 bridgehead atoms. The summed E-state index contributed by atoms with van der Waals surface area (Å²) in [4.78, 5) is 12.0. The molecule has 1 aromatic rings. The largest absolute Gasteiger partial charge is 0.355 e. The van der Waals surface area contributed by atoms with Crippen LogP contribution in [-0.2, 0) is 4.79 Å². The van der Waals surface area contributed by atoms with Gasteiger partial charge in [-0.2, -0.15) is 10.3 Å². The van der Waals surface area contributed by atoms with Crippen molar-refractivity contribution in [3.63, 3.8) is 0 Å². The van der Waals surface area contributed by atoms with E-state index in [1.807, 2.05) is 0 Å². The second-order valence-electron chi connectivity index (χ2n) is 7.29. The number of aromatic amines is 1. The smallest absolute Gasteiger partial charge is 0.230 e. The second-order valence-corrected chi connectivity index (χ2v) is 8.29. The van der Waals surface area contributed by atoms with Gasteiger partial charge in [0.2, 0.25) is 5.91 Å². The third kappa shape index (κ3) is 2.82. The third-order valence-electron chi connectivity index (χ3n) is 5.57. The topological polar surface area (TPSA) is 70.7 Å². The molecule has 0 spiro atoms. The van der Waals surface area contributed by atoms with Gasteiger partial charge in [0.1, 0.15) is 5.03 Å². The van der Waals surface area contributed by atoms with E-state index in [4.69, 9.17) is 0 Å². The van der Waals surface area contributed by atoms with Gasteiger partial charge < -0.3 is 5.32 Å². The highest BCUT2D eigenvalue weighted by atomic mass is 32.2. The Morgan fingerprint density at radius 1 is 1.29 bits per heavy atom. The summed E-state index contributed by atoms with van der Waals surface area (Å²) in [5.41, 5.74) is 0.420. The van der Waals surface area contributed by atoms with Crippen molar-refractivity contribution in [3.8, 4) is 0 Å². The number of nitrogens with zero attached hydrogens (tertiary/aromatic N) is 2. The van der Waals surface area contributed by atoms with Crippen LogP contribution in [-0.4, -0.2) is 33.6 Å². The van der Waals surface area contributed by atoms with Gasteiger partial charge in [-0.05, 0) is 61.7 Å². The van der Waals surface area contributed by atoms with Crippen molar-refractivity contribution in [3.05, 3.63) is 6.20 Å². The molecule has 21 heavy (non-hydrogen) atoms. The number of carbonyl (C=O) groups is 1. The van der Waals surface area contributed by atoms with E-state index in [9.17, 15) is 4.79 Å². The Labute approximate surface area is 129 Å². The van der Waals surface area contributed by atoms with Gasteiger partial charge in [-0.3, -0.25) is 4.79 Å². The summed E-state index contributed by atoms with van der Waals surface area (Å²) >= 11 is 1.44. The number of hydrogen-bond donors (Lipinski definition) is 2. The summed E-state index contributed by atoms with van der Waals surface area (Å²) < 4.78 is 0. The van der Waals surface area contributed by atoms with Crippen molar-refractivity contribution in [2.45, 2.75) is 43.6 Å². The summed E-state index contributed by atoms with van der Waals surface area (Å²) in [5.74, 6) is 3.38. The fraction of sp³-hybridized carbons (Fsp3) is 0.800. The SMILES string of the molecule is O=C(CSc1cn[nH]n1)NCC12CC3CC(CC(C3)C1)C2. The van der Waals surface area contributed by atoms with Crippen molar-refractivity contribution in [2.24, 2.45) is 23.2 Å². The highest BCUT2D eigenvalue weighted by molar-refractivity contribution is 7.99. The lowest BCUT2D eigenvalue weighted by atomic mass is 9.49. The molecule has 0 atom stereocenters. The Hall–Kier alpha value is -1.04. The lowest BCUT2D eigenvalue weighted by molar-refractivity contribution is -0.120. The Bertz CT molecular complexity index is 480. The number of nitrogens with one attached hydrogen (secondary N) is 2. The molecule has 114 valence electrons. The van der Waals surface area contributed by atoms with Gasteiger partial charge in [0.25, 0.3) is 0 Å². The molecule has 4 saturated carbocycles. The molecule has 0 saturated heterocycles. The van der Waals surface area contributed by atoms with E-state index in [1.54, 1.807) is 6.20 Å². The molecule has 2 N–H and O–H groups in total. The number of rotatable bonds is 5. The van der Waals surface area contributed by atoms with Crippen LogP contribution in [0.4, 0.5) is 0 Å². The first-order chi connectivity index (χ1) is 10.2. The lowest BCUT2D eigenvalue weighted by Gasteiger charge is -2.56. The van der Waals surface area contributed by atoms with Crippen LogP contribution >= 0.6 is 11.8 Å². The molecular weight excluding hydrogens is 284 g/mol. The van der Waals surface area contributed by atoms with Crippen LogP contribution in [0.25, 0.3) is 0 Å². The zero-order chi connectivity index (χ0) is 14.3.